The number of amides is 1. The average molecular weight is 305 g/mol. The predicted octanol–water partition coefficient (Wildman–Crippen LogP) is 2.23. The standard InChI is InChI=1S/C17H23NO4/c1-11(19)14(10-15(20)22-5)18-16(21)12-6-8-13(9-7-12)17(2,3)4/h6-9,14H,10H2,1-5H3,(H,18,21). The Balaban J connectivity index is 2.82. The van der Waals surface area contributed by atoms with E-state index in [-0.39, 0.29) is 23.5 Å². The Morgan fingerprint density at radius 3 is 2.09 bits per heavy atom. The zero-order valence-electron chi connectivity index (χ0n) is 13.7. The first-order valence-corrected chi connectivity index (χ1v) is 7.14. The first kappa shape index (κ1) is 17.9. The molecule has 5 heteroatoms. The lowest BCUT2D eigenvalue weighted by molar-refractivity contribution is -0.142. The summed E-state index contributed by atoms with van der Waals surface area (Å²) < 4.78 is 4.53. The van der Waals surface area contributed by atoms with E-state index in [4.69, 9.17) is 0 Å². The molecule has 1 rings (SSSR count). The van der Waals surface area contributed by atoms with Crippen LogP contribution in [0.4, 0.5) is 0 Å². The Labute approximate surface area is 131 Å². The zero-order chi connectivity index (χ0) is 16.9. The van der Waals surface area contributed by atoms with Gasteiger partial charge in [0.15, 0.2) is 5.78 Å². The molecule has 120 valence electrons. The summed E-state index contributed by atoms with van der Waals surface area (Å²) >= 11 is 0. The summed E-state index contributed by atoms with van der Waals surface area (Å²) in [7, 11) is 1.24. The third-order valence-corrected chi connectivity index (χ3v) is 3.41. The van der Waals surface area contributed by atoms with Crippen molar-refractivity contribution in [3.8, 4) is 0 Å². The van der Waals surface area contributed by atoms with Crippen LogP contribution >= 0.6 is 0 Å². The molecule has 0 saturated carbocycles. The molecule has 1 aromatic carbocycles. The van der Waals surface area contributed by atoms with Crippen molar-refractivity contribution in [3.63, 3.8) is 0 Å². The number of nitrogens with one attached hydrogen (secondary N) is 1. The monoisotopic (exact) mass is 305 g/mol. The van der Waals surface area contributed by atoms with Crippen molar-refractivity contribution in [2.75, 3.05) is 7.11 Å². The molecule has 0 heterocycles. The van der Waals surface area contributed by atoms with Crippen LogP contribution in [-0.4, -0.2) is 30.8 Å². The third kappa shape index (κ3) is 4.98. The lowest BCUT2D eigenvalue weighted by atomic mass is 9.86. The number of carbonyl (C=O) groups excluding carboxylic acids is 3. The summed E-state index contributed by atoms with van der Waals surface area (Å²) in [5.74, 6) is -1.21. The van der Waals surface area contributed by atoms with Crippen molar-refractivity contribution in [3.05, 3.63) is 35.4 Å². The Hall–Kier alpha value is -2.17. The Morgan fingerprint density at radius 1 is 1.14 bits per heavy atom. The highest BCUT2D eigenvalue weighted by molar-refractivity contribution is 5.98. The van der Waals surface area contributed by atoms with Crippen LogP contribution in [0.15, 0.2) is 24.3 Å². The molecule has 0 aromatic heterocycles. The van der Waals surface area contributed by atoms with Gasteiger partial charge in [0.05, 0.1) is 19.6 Å². The van der Waals surface area contributed by atoms with E-state index >= 15 is 0 Å². The van der Waals surface area contributed by atoms with E-state index in [0.29, 0.717) is 5.56 Å². The van der Waals surface area contributed by atoms with Crippen LogP contribution in [0.1, 0.15) is 50.0 Å². The molecule has 1 unspecified atom stereocenters. The molecule has 0 radical (unpaired) electrons. The highest BCUT2D eigenvalue weighted by Crippen LogP contribution is 2.22. The Morgan fingerprint density at radius 2 is 1.68 bits per heavy atom. The second-order valence-corrected chi connectivity index (χ2v) is 6.24. The van der Waals surface area contributed by atoms with Crippen molar-refractivity contribution in [1.82, 2.24) is 5.32 Å². The van der Waals surface area contributed by atoms with E-state index in [1.807, 2.05) is 12.1 Å². The fraction of sp³-hybridized carbons (Fsp3) is 0.471. The van der Waals surface area contributed by atoms with Gasteiger partial charge in [0.25, 0.3) is 5.91 Å². The zero-order valence-corrected chi connectivity index (χ0v) is 13.7. The van der Waals surface area contributed by atoms with Crippen LogP contribution in [0.2, 0.25) is 0 Å². The van der Waals surface area contributed by atoms with Crippen molar-refractivity contribution < 1.29 is 19.1 Å². The highest BCUT2D eigenvalue weighted by Gasteiger charge is 2.22. The maximum absolute atomic E-state index is 12.2. The third-order valence-electron chi connectivity index (χ3n) is 3.41. The minimum atomic E-state index is -0.873. The van der Waals surface area contributed by atoms with Gasteiger partial charge in [0.2, 0.25) is 0 Å². The molecule has 1 N–H and O–H groups in total. The van der Waals surface area contributed by atoms with Crippen LogP contribution in [0, 0.1) is 0 Å². The van der Waals surface area contributed by atoms with Gasteiger partial charge >= 0.3 is 5.97 Å². The summed E-state index contributed by atoms with van der Waals surface area (Å²) in [6, 6.07) is 6.33. The van der Waals surface area contributed by atoms with Gasteiger partial charge in [-0.2, -0.15) is 0 Å². The lowest BCUT2D eigenvalue weighted by Crippen LogP contribution is -2.41. The molecule has 1 amide bonds. The number of esters is 1. The summed E-state index contributed by atoms with van der Waals surface area (Å²) in [6.45, 7) is 7.59. The Kier molecular flexibility index (Phi) is 5.85. The number of ether oxygens (including phenoxy) is 1. The SMILES string of the molecule is COC(=O)CC(NC(=O)c1ccc(C(C)(C)C)cc1)C(C)=O. The molecule has 0 fully saturated rings. The number of rotatable bonds is 5. The van der Waals surface area contributed by atoms with Crippen LogP contribution in [0.25, 0.3) is 0 Å². The van der Waals surface area contributed by atoms with E-state index in [1.165, 1.54) is 14.0 Å². The second kappa shape index (κ2) is 7.20. The summed E-state index contributed by atoms with van der Waals surface area (Å²) in [6.07, 6.45) is -0.169. The number of ketones is 1. The van der Waals surface area contributed by atoms with Crippen molar-refractivity contribution >= 4 is 17.7 Å². The summed E-state index contributed by atoms with van der Waals surface area (Å²) in [5, 5.41) is 2.57. The molecule has 22 heavy (non-hydrogen) atoms. The molecule has 1 aromatic rings. The molecule has 0 aliphatic carbocycles. The molecular weight excluding hydrogens is 282 g/mol. The van der Waals surface area contributed by atoms with Gasteiger partial charge in [-0.3, -0.25) is 14.4 Å². The number of Topliss-reactive ketones (excluding diaryl/α,β-unsaturated/α-hetero) is 1. The van der Waals surface area contributed by atoms with E-state index in [0.717, 1.165) is 5.56 Å². The van der Waals surface area contributed by atoms with Gasteiger partial charge in [0, 0.05) is 5.56 Å². The molecule has 0 aliphatic rings. The van der Waals surface area contributed by atoms with Gasteiger partial charge < -0.3 is 10.1 Å². The average Bonchev–Trinajstić information content (AvgIpc) is 2.45. The first-order chi connectivity index (χ1) is 10.1. The van der Waals surface area contributed by atoms with Gasteiger partial charge in [-0.25, -0.2) is 0 Å². The molecule has 0 aliphatic heterocycles. The number of methoxy groups -OCH3 is 1. The molecule has 0 saturated heterocycles. The van der Waals surface area contributed by atoms with Gasteiger partial charge in [-0.05, 0) is 30.0 Å². The second-order valence-electron chi connectivity index (χ2n) is 6.24. The topological polar surface area (TPSA) is 72.5 Å². The fourth-order valence-electron chi connectivity index (χ4n) is 1.91. The lowest BCUT2D eigenvalue weighted by Gasteiger charge is -2.19. The van der Waals surface area contributed by atoms with E-state index in [9.17, 15) is 14.4 Å². The van der Waals surface area contributed by atoms with E-state index in [2.05, 4.69) is 30.8 Å². The first-order valence-electron chi connectivity index (χ1n) is 7.14. The van der Waals surface area contributed by atoms with Gasteiger partial charge in [-0.15, -0.1) is 0 Å². The molecule has 5 nitrogen and oxygen atoms in total. The minimum absolute atomic E-state index is 0.00180. The van der Waals surface area contributed by atoms with Crippen LogP contribution in [0.3, 0.4) is 0 Å². The summed E-state index contributed by atoms with van der Waals surface area (Å²) in [5.41, 5.74) is 1.56. The van der Waals surface area contributed by atoms with Crippen LogP contribution < -0.4 is 5.32 Å². The number of carbonyl (C=O) groups is 3. The largest absolute Gasteiger partial charge is 0.469 e. The quantitative estimate of drug-likeness (QED) is 0.847. The van der Waals surface area contributed by atoms with Crippen molar-refractivity contribution in [2.24, 2.45) is 0 Å². The number of hydrogen-bond acceptors (Lipinski definition) is 4. The highest BCUT2D eigenvalue weighted by atomic mass is 16.5. The normalized spacial score (nSPS) is 12.4. The summed E-state index contributed by atoms with van der Waals surface area (Å²) in [4.78, 5) is 35.0. The van der Waals surface area contributed by atoms with E-state index in [1.54, 1.807) is 12.1 Å². The van der Waals surface area contributed by atoms with Crippen molar-refractivity contribution in [2.45, 2.75) is 45.6 Å². The smallest absolute Gasteiger partial charge is 0.308 e. The molecule has 1 atom stereocenters. The number of hydrogen-bond donors (Lipinski definition) is 1. The molecular formula is C17H23NO4. The maximum Gasteiger partial charge on any atom is 0.308 e. The predicted molar refractivity (Wildman–Crippen MR) is 83.7 cm³/mol. The Bertz CT molecular complexity index is 555. The molecule has 0 bridgehead atoms. The fourth-order valence-corrected chi connectivity index (χ4v) is 1.91. The van der Waals surface area contributed by atoms with E-state index < -0.39 is 12.0 Å². The van der Waals surface area contributed by atoms with Gasteiger partial charge in [0.1, 0.15) is 0 Å². The van der Waals surface area contributed by atoms with Crippen molar-refractivity contribution in [1.29, 1.82) is 0 Å². The van der Waals surface area contributed by atoms with Crippen LogP contribution in [-0.2, 0) is 19.7 Å². The molecule has 0 spiro atoms. The minimum Gasteiger partial charge on any atom is -0.469 e. The van der Waals surface area contributed by atoms with Gasteiger partial charge in [-0.1, -0.05) is 32.9 Å². The number of benzene rings is 1. The van der Waals surface area contributed by atoms with Crippen LogP contribution in [0.5, 0.6) is 0 Å². The maximum atomic E-state index is 12.2.